The Labute approximate surface area is 72.4 Å². The monoisotopic (exact) mass is 166 g/mol. The smallest absolute Gasteiger partial charge is 0.168 e. The summed E-state index contributed by atoms with van der Waals surface area (Å²) in [5.41, 5.74) is 0.822. The number of aromatic nitrogens is 2. The number of rotatable bonds is 2. The molecule has 12 heavy (non-hydrogen) atoms. The minimum Gasteiger partial charge on any atom is -0.328 e. The van der Waals surface area contributed by atoms with E-state index in [-0.39, 0.29) is 5.41 Å². The van der Waals surface area contributed by atoms with Crippen molar-refractivity contribution >= 4 is 6.29 Å². The molecule has 0 atom stereocenters. The van der Waals surface area contributed by atoms with Gasteiger partial charge in [0.25, 0.3) is 0 Å². The van der Waals surface area contributed by atoms with Crippen LogP contribution in [0.15, 0.2) is 12.5 Å². The first-order valence-corrected chi connectivity index (χ1v) is 3.98. The van der Waals surface area contributed by atoms with E-state index in [9.17, 15) is 4.79 Å². The van der Waals surface area contributed by atoms with Crippen LogP contribution in [0.5, 0.6) is 0 Å². The van der Waals surface area contributed by atoms with Crippen molar-refractivity contribution in [1.29, 1.82) is 0 Å². The summed E-state index contributed by atoms with van der Waals surface area (Å²) in [5.74, 6) is 0. The molecule has 0 saturated carbocycles. The van der Waals surface area contributed by atoms with Crippen LogP contribution < -0.4 is 0 Å². The zero-order chi connectivity index (χ0) is 9.19. The van der Waals surface area contributed by atoms with Crippen molar-refractivity contribution in [2.45, 2.75) is 27.3 Å². The van der Waals surface area contributed by atoms with E-state index in [4.69, 9.17) is 0 Å². The highest BCUT2D eigenvalue weighted by Crippen LogP contribution is 2.16. The molecule has 1 rings (SSSR count). The third-order valence-corrected chi connectivity index (χ3v) is 1.51. The lowest BCUT2D eigenvalue weighted by Crippen LogP contribution is -2.16. The zero-order valence-electron chi connectivity index (χ0n) is 7.74. The molecule has 1 aromatic rings. The number of hydrogen-bond acceptors (Lipinski definition) is 2. The number of carbonyl (C=O) groups excluding carboxylic acids is 1. The average Bonchev–Trinajstić information content (AvgIpc) is 2.31. The second kappa shape index (κ2) is 3.09. The van der Waals surface area contributed by atoms with Crippen molar-refractivity contribution in [3.05, 3.63) is 18.2 Å². The van der Waals surface area contributed by atoms with Crippen LogP contribution in [-0.2, 0) is 6.54 Å². The molecule has 0 saturated heterocycles. The third kappa shape index (κ3) is 2.19. The molecular formula is C9H14N2O. The predicted octanol–water partition coefficient (Wildman–Crippen LogP) is 1.74. The summed E-state index contributed by atoms with van der Waals surface area (Å²) >= 11 is 0. The Morgan fingerprint density at radius 2 is 2.25 bits per heavy atom. The summed E-state index contributed by atoms with van der Waals surface area (Å²) in [4.78, 5) is 14.4. The minimum absolute atomic E-state index is 0.179. The van der Waals surface area contributed by atoms with E-state index in [1.165, 1.54) is 0 Å². The fraction of sp³-hybridized carbons (Fsp3) is 0.556. The van der Waals surface area contributed by atoms with Crippen LogP contribution in [0.4, 0.5) is 0 Å². The van der Waals surface area contributed by atoms with E-state index < -0.39 is 0 Å². The second-order valence-corrected chi connectivity index (χ2v) is 4.12. The van der Waals surface area contributed by atoms with Gasteiger partial charge in [-0.25, -0.2) is 4.98 Å². The molecule has 3 heteroatoms. The van der Waals surface area contributed by atoms with Crippen LogP contribution >= 0.6 is 0 Å². The Hall–Kier alpha value is -1.12. The van der Waals surface area contributed by atoms with E-state index in [1.807, 2.05) is 4.57 Å². The molecule has 0 unspecified atom stereocenters. The fourth-order valence-electron chi connectivity index (χ4n) is 1.07. The van der Waals surface area contributed by atoms with Gasteiger partial charge in [0.15, 0.2) is 6.29 Å². The normalized spacial score (nSPS) is 11.6. The van der Waals surface area contributed by atoms with Crippen molar-refractivity contribution in [3.63, 3.8) is 0 Å². The van der Waals surface area contributed by atoms with Gasteiger partial charge in [-0.1, -0.05) is 20.8 Å². The summed E-state index contributed by atoms with van der Waals surface area (Å²) in [6.45, 7) is 7.20. The van der Waals surface area contributed by atoms with E-state index in [0.717, 1.165) is 12.8 Å². The van der Waals surface area contributed by atoms with Gasteiger partial charge >= 0.3 is 0 Å². The number of nitrogens with zero attached hydrogens (tertiary/aromatic N) is 2. The first-order valence-electron chi connectivity index (χ1n) is 3.98. The Balaban J connectivity index is 2.81. The highest BCUT2D eigenvalue weighted by molar-refractivity contribution is 5.71. The average molecular weight is 166 g/mol. The number of aldehydes is 1. The molecule has 0 aliphatic carbocycles. The third-order valence-electron chi connectivity index (χ3n) is 1.51. The van der Waals surface area contributed by atoms with Crippen molar-refractivity contribution in [3.8, 4) is 0 Å². The predicted molar refractivity (Wildman–Crippen MR) is 47.1 cm³/mol. The first-order chi connectivity index (χ1) is 5.53. The Morgan fingerprint density at radius 1 is 1.58 bits per heavy atom. The van der Waals surface area contributed by atoms with Gasteiger partial charge in [0.2, 0.25) is 0 Å². The zero-order valence-corrected chi connectivity index (χ0v) is 7.74. The molecule has 1 aromatic heterocycles. The van der Waals surface area contributed by atoms with Gasteiger partial charge in [-0.2, -0.15) is 0 Å². The first kappa shape index (κ1) is 8.97. The molecule has 1 heterocycles. The van der Waals surface area contributed by atoms with Crippen molar-refractivity contribution in [2.24, 2.45) is 5.41 Å². The molecule has 0 aliphatic rings. The van der Waals surface area contributed by atoms with E-state index in [1.54, 1.807) is 12.5 Å². The standard InChI is InChI=1S/C9H14N2O/c1-9(2,3)6-11-7-10-4-8(11)5-12/h4-5,7H,6H2,1-3H3. The number of imidazole rings is 1. The van der Waals surface area contributed by atoms with Crippen LogP contribution in [0.2, 0.25) is 0 Å². The lowest BCUT2D eigenvalue weighted by atomic mass is 9.97. The SMILES string of the molecule is CC(C)(C)Cn1cncc1C=O. The number of hydrogen-bond donors (Lipinski definition) is 0. The largest absolute Gasteiger partial charge is 0.328 e. The van der Waals surface area contributed by atoms with Crippen molar-refractivity contribution in [1.82, 2.24) is 9.55 Å². The van der Waals surface area contributed by atoms with E-state index in [2.05, 4.69) is 25.8 Å². The quantitative estimate of drug-likeness (QED) is 0.627. The maximum atomic E-state index is 10.5. The molecule has 0 amide bonds. The maximum Gasteiger partial charge on any atom is 0.168 e. The van der Waals surface area contributed by atoms with Gasteiger partial charge in [-0.05, 0) is 5.41 Å². The highest BCUT2D eigenvalue weighted by atomic mass is 16.1. The van der Waals surface area contributed by atoms with E-state index in [0.29, 0.717) is 5.69 Å². The van der Waals surface area contributed by atoms with Gasteiger partial charge in [0.05, 0.1) is 12.5 Å². The Morgan fingerprint density at radius 3 is 2.75 bits per heavy atom. The van der Waals surface area contributed by atoms with Crippen LogP contribution in [-0.4, -0.2) is 15.8 Å². The highest BCUT2D eigenvalue weighted by Gasteiger charge is 2.12. The molecule has 0 aromatic carbocycles. The Bertz CT molecular complexity index is 270. The number of carbonyl (C=O) groups is 1. The van der Waals surface area contributed by atoms with Gasteiger partial charge in [-0.15, -0.1) is 0 Å². The molecule has 0 fully saturated rings. The lowest BCUT2D eigenvalue weighted by molar-refractivity contribution is 0.111. The molecule has 3 nitrogen and oxygen atoms in total. The van der Waals surface area contributed by atoms with Gasteiger partial charge < -0.3 is 4.57 Å². The van der Waals surface area contributed by atoms with Gasteiger partial charge in [0.1, 0.15) is 5.69 Å². The minimum atomic E-state index is 0.179. The second-order valence-electron chi connectivity index (χ2n) is 4.12. The summed E-state index contributed by atoms with van der Waals surface area (Å²) in [6.07, 6.45) is 4.10. The van der Waals surface area contributed by atoms with Crippen molar-refractivity contribution < 1.29 is 4.79 Å². The fourth-order valence-corrected chi connectivity index (χ4v) is 1.07. The maximum absolute atomic E-state index is 10.5. The van der Waals surface area contributed by atoms with Crippen LogP contribution in [0.3, 0.4) is 0 Å². The molecular weight excluding hydrogens is 152 g/mol. The molecule has 0 aliphatic heterocycles. The topological polar surface area (TPSA) is 34.9 Å². The van der Waals surface area contributed by atoms with Crippen LogP contribution in [0, 0.1) is 5.41 Å². The van der Waals surface area contributed by atoms with Gasteiger partial charge in [0, 0.05) is 6.54 Å². The summed E-state index contributed by atoms with van der Waals surface area (Å²) in [6, 6.07) is 0. The van der Waals surface area contributed by atoms with E-state index >= 15 is 0 Å². The molecule has 0 N–H and O–H groups in total. The molecule has 0 bridgehead atoms. The summed E-state index contributed by atoms with van der Waals surface area (Å²) in [5, 5.41) is 0. The molecule has 66 valence electrons. The van der Waals surface area contributed by atoms with Crippen LogP contribution in [0.1, 0.15) is 31.3 Å². The van der Waals surface area contributed by atoms with Gasteiger partial charge in [-0.3, -0.25) is 4.79 Å². The van der Waals surface area contributed by atoms with Crippen molar-refractivity contribution in [2.75, 3.05) is 0 Å². The molecule has 0 spiro atoms. The molecule has 0 radical (unpaired) electrons. The summed E-state index contributed by atoms with van der Waals surface area (Å²) < 4.78 is 1.87. The Kier molecular flexibility index (Phi) is 2.31. The summed E-state index contributed by atoms with van der Waals surface area (Å²) in [7, 11) is 0. The van der Waals surface area contributed by atoms with Crippen LogP contribution in [0.25, 0.3) is 0 Å². The lowest BCUT2D eigenvalue weighted by Gasteiger charge is -2.19.